The van der Waals surface area contributed by atoms with Crippen molar-refractivity contribution in [2.24, 2.45) is 5.92 Å². The molecule has 9 nitrogen and oxygen atoms in total. The Kier molecular flexibility index (Phi) is 8.83. The Morgan fingerprint density at radius 1 is 1.03 bits per heavy atom. The van der Waals surface area contributed by atoms with Gasteiger partial charge in [0.2, 0.25) is 5.91 Å². The molecule has 0 radical (unpaired) electrons. The normalized spacial score (nSPS) is 14.5. The van der Waals surface area contributed by atoms with Gasteiger partial charge in [-0.3, -0.25) is 9.59 Å². The number of benzene rings is 2. The van der Waals surface area contributed by atoms with E-state index in [9.17, 15) is 19.2 Å². The standard InChI is InChI=1S/C26H32N4O5/c1-18-8-7-11-21(16-18)27-25(33)28-22(17-35-26(34)29(2)3)24(32)30-14-12-20(13-15-30)23(31)19-9-5-4-6-10-19/h4-11,16,20,22H,12-15,17H2,1-3H3,(H2,27,28,33)/t22-/m1/s1. The fourth-order valence-electron chi connectivity index (χ4n) is 3.93. The highest BCUT2D eigenvalue weighted by atomic mass is 16.6. The summed E-state index contributed by atoms with van der Waals surface area (Å²) in [5.41, 5.74) is 2.22. The second-order valence-corrected chi connectivity index (χ2v) is 8.82. The molecule has 1 aliphatic heterocycles. The highest BCUT2D eigenvalue weighted by Gasteiger charge is 2.32. The van der Waals surface area contributed by atoms with Crippen LogP contribution in [0.3, 0.4) is 0 Å². The molecular formula is C26H32N4O5. The Balaban J connectivity index is 1.62. The third-order valence-corrected chi connectivity index (χ3v) is 5.85. The number of carbonyl (C=O) groups excluding carboxylic acids is 4. The number of ether oxygens (including phenoxy) is 1. The maximum atomic E-state index is 13.3. The lowest BCUT2D eigenvalue weighted by molar-refractivity contribution is -0.135. The van der Waals surface area contributed by atoms with E-state index in [0.29, 0.717) is 37.2 Å². The number of carbonyl (C=O) groups is 4. The van der Waals surface area contributed by atoms with Crippen LogP contribution in [0, 0.1) is 12.8 Å². The van der Waals surface area contributed by atoms with Gasteiger partial charge in [-0.1, -0.05) is 42.5 Å². The molecule has 4 amide bonds. The largest absolute Gasteiger partial charge is 0.447 e. The molecule has 35 heavy (non-hydrogen) atoms. The predicted octanol–water partition coefficient (Wildman–Crippen LogP) is 3.30. The van der Waals surface area contributed by atoms with Gasteiger partial charge in [-0.2, -0.15) is 0 Å². The predicted molar refractivity (Wildman–Crippen MR) is 132 cm³/mol. The molecule has 1 atom stereocenters. The third kappa shape index (κ3) is 7.30. The van der Waals surface area contributed by atoms with Gasteiger partial charge in [-0.25, -0.2) is 9.59 Å². The van der Waals surface area contributed by atoms with Gasteiger partial charge in [-0.05, 0) is 37.5 Å². The number of piperidine rings is 1. The number of amides is 4. The van der Waals surface area contributed by atoms with E-state index in [1.807, 2.05) is 37.3 Å². The zero-order valence-corrected chi connectivity index (χ0v) is 20.3. The van der Waals surface area contributed by atoms with Crippen molar-refractivity contribution in [3.63, 3.8) is 0 Å². The van der Waals surface area contributed by atoms with Gasteiger partial charge in [-0.15, -0.1) is 0 Å². The molecule has 1 aliphatic rings. The minimum atomic E-state index is -1.06. The lowest BCUT2D eigenvalue weighted by Gasteiger charge is -2.34. The fourth-order valence-corrected chi connectivity index (χ4v) is 3.93. The molecule has 0 bridgehead atoms. The van der Waals surface area contributed by atoms with E-state index in [1.54, 1.807) is 29.2 Å². The third-order valence-electron chi connectivity index (χ3n) is 5.85. The number of Topliss-reactive ketones (excluding diaryl/α,β-unsaturated/α-hetero) is 1. The van der Waals surface area contributed by atoms with E-state index in [4.69, 9.17) is 4.74 Å². The summed E-state index contributed by atoms with van der Waals surface area (Å²) in [5, 5.41) is 5.34. The van der Waals surface area contributed by atoms with E-state index < -0.39 is 18.2 Å². The molecule has 2 N–H and O–H groups in total. The van der Waals surface area contributed by atoms with E-state index in [0.717, 1.165) is 5.56 Å². The zero-order chi connectivity index (χ0) is 25.4. The molecule has 0 unspecified atom stereocenters. The number of nitrogens with one attached hydrogen (secondary N) is 2. The molecule has 0 saturated carbocycles. The number of urea groups is 1. The van der Waals surface area contributed by atoms with Crippen LogP contribution in [0.5, 0.6) is 0 Å². The topological polar surface area (TPSA) is 108 Å². The average molecular weight is 481 g/mol. The van der Waals surface area contributed by atoms with Gasteiger partial charge >= 0.3 is 12.1 Å². The van der Waals surface area contributed by atoms with Crippen molar-refractivity contribution in [3.8, 4) is 0 Å². The number of aryl methyl sites for hydroxylation is 1. The van der Waals surface area contributed by atoms with E-state index >= 15 is 0 Å². The van der Waals surface area contributed by atoms with Gasteiger partial charge in [0.05, 0.1) is 0 Å². The summed E-state index contributed by atoms with van der Waals surface area (Å²) < 4.78 is 5.21. The summed E-state index contributed by atoms with van der Waals surface area (Å²) in [6.45, 7) is 2.35. The zero-order valence-electron chi connectivity index (χ0n) is 20.3. The van der Waals surface area contributed by atoms with Crippen LogP contribution in [0.2, 0.25) is 0 Å². The van der Waals surface area contributed by atoms with Crippen LogP contribution in [0.4, 0.5) is 15.3 Å². The highest BCUT2D eigenvalue weighted by molar-refractivity contribution is 5.98. The number of rotatable bonds is 7. The van der Waals surface area contributed by atoms with Crippen molar-refractivity contribution >= 4 is 29.5 Å². The molecule has 0 spiro atoms. The number of hydrogen-bond donors (Lipinski definition) is 2. The van der Waals surface area contributed by atoms with Crippen LogP contribution in [-0.2, 0) is 9.53 Å². The SMILES string of the molecule is Cc1cccc(NC(=O)N[C@H](COC(=O)N(C)C)C(=O)N2CCC(C(=O)c3ccccc3)CC2)c1. The molecule has 3 rings (SSSR count). The smallest absolute Gasteiger partial charge is 0.409 e. The summed E-state index contributed by atoms with van der Waals surface area (Å²) >= 11 is 0. The van der Waals surface area contributed by atoms with E-state index in [-0.39, 0.29) is 24.2 Å². The number of anilines is 1. The van der Waals surface area contributed by atoms with Crippen molar-refractivity contribution < 1.29 is 23.9 Å². The summed E-state index contributed by atoms with van der Waals surface area (Å²) in [5.74, 6) is -0.449. The van der Waals surface area contributed by atoms with Crippen LogP contribution in [0.25, 0.3) is 0 Å². The molecule has 186 valence electrons. The molecule has 2 aromatic carbocycles. The van der Waals surface area contributed by atoms with Gasteiger partial charge in [0.25, 0.3) is 0 Å². The maximum Gasteiger partial charge on any atom is 0.409 e. The highest BCUT2D eigenvalue weighted by Crippen LogP contribution is 2.22. The van der Waals surface area contributed by atoms with Gasteiger partial charge in [0, 0.05) is 44.4 Å². The van der Waals surface area contributed by atoms with Crippen LogP contribution < -0.4 is 10.6 Å². The Morgan fingerprint density at radius 3 is 2.34 bits per heavy atom. The molecule has 1 heterocycles. The van der Waals surface area contributed by atoms with Crippen LogP contribution >= 0.6 is 0 Å². The second kappa shape index (κ2) is 12.0. The number of hydrogen-bond acceptors (Lipinski definition) is 5. The van der Waals surface area contributed by atoms with Crippen LogP contribution in [0.15, 0.2) is 54.6 Å². The van der Waals surface area contributed by atoms with Crippen molar-refractivity contribution in [1.29, 1.82) is 0 Å². The van der Waals surface area contributed by atoms with Crippen molar-refractivity contribution in [2.75, 3.05) is 39.1 Å². The summed E-state index contributed by atoms with van der Waals surface area (Å²) in [6.07, 6.45) is 0.439. The van der Waals surface area contributed by atoms with Gasteiger partial charge < -0.3 is 25.2 Å². The molecular weight excluding hydrogens is 448 g/mol. The molecule has 1 fully saturated rings. The first-order valence-corrected chi connectivity index (χ1v) is 11.6. The maximum absolute atomic E-state index is 13.3. The monoisotopic (exact) mass is 480 g/mol. The minimum absolute atomic E-state index is 0.0739. The van der Waals surface area contributed by atoms with Crippen molar-refractivity contribution in [3.05, 3.63) is 65.7 Å². The van der Waals surface area contributed by atoms with Gasteiger partial charge in [0.1, 0.15) is 12.6 Å². The Morgan fingerprint density at radius 2 is 1.71 bits per heavy atom. The molecule has 2 aromatic rings. The second-order valence-electron chi connectivity index (χ2n) is 8.82. The van der Waals surface area contributed by atoms with Gasteiger partial charge in [0.15, 0.2) is 5.78 Å². The lowest BCUT2D eigenvalue weighted by atomic mass is 9.88. The van der Waals surface area contributed by atoms with E-state index in [2.05, 4.69) is 10.6 Å². The Labute approximate surface area is 205 Å². The molecule has 9 heteroatoms. The summed E-state index contributed by atoms with van der Waals surface area (Å²) in [7, 11) is 3.07. The quantitative estimate of drug-likeness (QED) is 0.591. The Hall–Kier alpha value is -3.88. The van der Waals surface area contributed by atoms with Crippen molar-refractivity contribution in [1.82, 2.24) is 15.1 Å². The summed E-state index contributed by atoms with van der Waals surface area (Å²) in [4.78, 5) is 53.4. The summed E-state index contributed by atoms with van der Waals surface area (Å²) in [6, 6.07) is 14.7. The number of likely N-dealkylation sites (tertiary alicyclic amines) is 1. The van der Waals surface area contributed by atoms with Crippen LogP contribution in [-0.4, -0.2) is 73.4 Å². The Bertz CT molecular complexity index is 1050. The molecule has 0 aromatic heterocycles. The lowest BCUT2D eigenvalue weighted by Crippen LogP contribution is -2.54. The van der Waals surface area contributed by atoms with E-state index in [1.165, 1.54) is 19.0 Å². The minimum Gasteiger partial charge on any atom is -0.447 e. The average Bonchev–Trinajstić information content (AvgIpc) is 2.86. The first-order valence-electron chi connectivity index (χ1n) is 11.6. The molecule has 1 saturated heterocycles. The number of ketones is 1. The fraction of sp³-hybridized carbons (Fsp3) is 0.385. The molecule has 0 aliphatic carbocycles. The van der Waals surface area contributed by atoms with Crippen molar-refractivity contribution in [2.45, 2.75) is 25.8 Å². The van der Waals surface area contributed by atoms with Crippen LogP contribution in [0.1, 0.15) is 28.8 Å². The first kappa shape index (κ1) is 25.7. The number of nitrogens with zero attached hydrogens (tertiary/aromatic N) is 2. The first-order chi connectivity index (χ1) is 16.7.